The van der Waals surface area contributed by atoms with E-state index in [9.17, 15) is 4.79 Å². The minimum atomic E-state index is 0.189. The molecule has 2 heterocycles. The van der Waals surface area contributed by atoms with Crippen molar-refractivity contribution in [2.45, 2.75) is 25.2 Å². The third-order valence-electron chi connectivity index (χ3n) is 4.25. The average molecular weight is 299 g/mol. The first kappa shape index (κ1) is 14.6. The fourth-order valence-corrected chi connectivity index (χ4v) is 2.98. The van der Waals surface area contributed by atoms with E-state index in [1.165, 1.54) is 0 Å². The number of aromatic amines is 1. The van der Waals surface area contributed by atoms with Crippen molar-refractivity contribution in [2.75, 3.05) is 20.2 Å². The van der Waals surface area contributed by atoms with E-state index in [1.54, 1.807) is 13.3 Å². The number of likely N-dealkylation sites (tertiary alicyclic amines) is 1. The molecule has 0 bridgehead atoms. The van der Waals surface area contributed by atoms with E-state index >= 15 is 0 Å². The number of ether oxygens (including phenoxy) is 1. The van der Waals surface area contributed by atoms with Gasteiger partial charge < -0.3 is 9.64 Å². The fourth-order valence-electron chi connectivity index (χ4n) is 2.98. The first-order valence-corrected chi connectivity index (χ1v) is 7.66. The van der Waals surface area contributed by atoms with Crippen LogP contribution in [0.5, 0.6) is 5.75 Å². The van der Waals surface area contributed by atoms with Gasteiger partial charge in [0.1, 0.15) is 5.75 Å². The summed E-state index contributed by atoms with van der Waals surface area (Å²) in [4.78, 5) is 14.5. The molecule has 5 heteroatoms. The molecule has 0 unspecified atom stereocenters. The average Bonchev–Trinajstić information content (AvgIpc) is 3.10. The van der Waals surface area contributed by atoms with E-state index in [0.717, 1.165) is 42.9 Å². The first-order valence-electron chi connectivity index (χ1n) is 7.66. The highest BCUT2D eigenvalue weighted by Gasteiger charge is 2.25. The van der Waals surface area contributed by atoms with Crippen molar-refractivity contribution in [3.05, 3.63) is 47.8 Å². The lowest BCUT2D eigenvalue weighted by Gasteiger charge is -2.32. The van der Waals surface area contributed by atoms with Gasteiger partial charge in [0.25, 0.3) is 0 Å². The lowest BCUT2D eigenvalue weighted by atomic mass is 9.94. The molecule has 22 heavy (non-hydrogen) atoms. The molecule has 1 fully saturated rings. The van der Waals surface area contributed by atoms with Crippen LogP contribution in [-0.2, 0) is 11.2 Å². The van der Waals surface area contributed by atoms with Gasteiger partial charge >= 0.3 is 0 Å². The number of methoxy groups -OCH3 is 1. The zero-order chi connectivity index (χ0) is 15.4. The van der Waals surface area contributed by atoms with E-state index in [0.29, 0.717) is 12.3 Å². The molecular weight excluding hydrogens is 278 g/mol. The summed E-state index contributed by atoms with van der Waals surface area (Å²) in [5, 5.41) is 7.04. The summed E-state index contributed by atoms with van der Waals surface area (Å²) in [7, 11) is 1.64. The minimum absolute atomic E-state index is 0.189. The van der Waals surface area contributed by atoms with Crippen LogP contribution in [-0.4, -0.2) is 41.2 Å². The van der Waals surface area contributed by atoms with Crippen molar-refractivity contribution in [3.8, 4) is 5.75 Å². The Hall–Kier alpha value is -2.30. The molecule has 1 aromatic carbocycles. The van der Waals surface area contributed by atoms with E-state index in [4.69, 9.17) is 4.74 Å². The summed E-state index contributed by atoms with van der Waals surface area (Å²) in [6.07, 6.45) is 4.36. The number of nitrogens with one attached hydrogen (secondary N) is 1. The number of nitrogens with zero attached hydrogens (tertiary/aromatic N) is 2. The zero-order valence-corrected chi connectivity index (χ0v) is 12.8. The number of rotatable bonds is 4. The summed E-state index contributed by atoms with van der Waals surface area (Å²) in [6, 6.07) is 9.70. The molecule has 0 spiro atoms. The third-order valence-corrected chi connectivity index (χ3v) is 4.25. The van der Waals surface area contributed by atoms with Gasteiger partial charge in [0, 0.05) is 30.9 Å². The summed E-state index contributed by atoms with van der Waals surface area (Å²) >= 11 is 0. The minimum Gasteiger partial charge on any atom is -0.497 e. The predicted molar refractivity (Wildman–Crippen MR) is 83.8 cm³/mol. The second-order valence-corrected chi connectivity index (χ2v) is 5.72. The number of carbonyl (C=O) groups is 1. The van der Waals surface area contributed by atoms with Crippen molar-refractivity contribution < 1.29 is 9.53 Å². The van der Waals surface area contributed by atoms with Crippen molar-refractivity contribution in [2.24, 2.45) is 0 Å². The molecule has 0 aliphatic carbocycles. The number of H-pyrrole nitrogens is 1. The lowest BCUT2D eigenvalue weighted by molar-refractivity contribution is -0.131. The van der Waals surface area contributed by atoms with E-state index in [2.05, 4.69) is 10.2 Å². The van der Waals surface area contributed by atoms with Crippen molar-refractivity contribution >= 4 is 5.91 Å². The van der Waals surface area contributed by atoms with Gasteiger partial charge in [0.15, 0.2) is 0 Å². The largest absolute Gasteiger partial charge is 0.497 e. The number of amides is 1. The van der Waals surface area contributed by atoms with Crippen molar-refractivity contribution in [3.63, 3.8) is 0 Å². The van der Waals surface area contributed by atoms with Gasteiger partial charge in [0.05, 0.1) is 13.5 Å². The number of hydrogen-bond donors (Lipinski definition) is 1. The van der Waals surface area contributed by atoms with Crippen LogP contribution in [0.4, 0.5) is 0 Å². The summed E-state index contributed by atoms with van der Waals surface area (Å²) in [5.74, 6) is 1.37. The van der Waals surface area contributed by atoms with Gasteiger partial charge in [0.2, 0.25) is 5.91 Å². The first-order chi connectivity index (χ1) is 10.8. The highest BCUT2D eigenvalue weighted by Crippen LogP contribution is 2.25. The zero-order valence-electron chi connectivity index (χ0n) is 12.8. The molecular formula is C17H21N3O2. The third kappa shape index (κ3) is 3.30. The quantitative estimate of drug-likeness (QED) is 0.943. The topological polar surface area (TPSA) is 58.2 Å². The number of benzene rings is 1. The van der Waals surface area contributed by atoms with Gasteiger partial charge in [-0.3, -0.25) is 9.89 Å². The van der Waals surface area contributed by atoms with E-state index in [-0.39, 0.29) is 5.91 Å². The Morgan fingerprint density at radius 2 is 2.18 bits per heavy atom. The summed E-state index contributed by atoms with van der Waals surface area (Å²) < 4.78 is 5.14. The summed E-state index contributed by atoms with van der Waals surface area (Å²) in [5.41, 5.74) is 2.15. The van der Waals surface area contributed by atoms with Crippen LogP contribution in [0.3, 0.4) is 0 Å². The Labute approximate surface area is 130 Å². The molecule has 1 saturated heterocycles. The van der Waals surface area contributed by atoms with E-state index in [1.807, 2.05) is 35.2 Å². The smallest absolute Gasteiger partial charge is 0.227 e. The van der Waals surface area contributed by atoms with Crippen LogP contribution in [0.2, 0.25) is 0 Å². The highest BCUT2D eigenvalue weighted by molar-refractivity contribution is 5.79. The SMILES string of the molecule is COc1ccc(CC(=O)N2CCC[C@H](c3ccn[nH]3)C2)cc1. The Morgan fingerprint density at radius 3 is 2.86 bits per heavy atom. The predicted octanol–water partition coefficient (Wildman–Crippen LogP) is 2.37. The van der Waals surface area contributed by atoms with Crippen molar-refractivity contribution in [1.29, 1.82) is 0 Å². The highest BCUT2D eigenvalue weighted by atomic mass is 16.5. The van der Waals surface area contributed by atoms with Crippen LogP contribution >= 0.6 is 0 Å². The number of piperidine rings is 1. The Bertz CT molecular complexity index is 607. The molecule has 2 aromatic rings. The van der Waals surface area contributed by atoms with Crippen LogP contribution in [0.25, 0.3) is 0 Å². The molecule has 3 rings (SSSR count). The molecule has 116 valence electrons. The van der Waals surface area contributed by atoms with Gasteiger partial charge in [-0.1, -0.05) is 12.1 Å². The van der Waals surface area contributed by atoms with Crippen LogP contribution < -0.4 is 4.74 Å². The molecule has 1 aliphatic heterocycles. The van der Waals surface area contributed by atoms with E-state index < -0.39 is 0 Å². The van der Waals surface area contributed by atoms with Gasteiger partial charge in [-0.2, -0.15) is 5.10 Å². The van der Waals surface area contributed by atoms with Crippen LogP contribution in [0.15, 0.2) is 36.5 Å². The molecule has 0 radical (unpaired) electrons. The molecule has 1 amide bonds. The second kappa shape index (κ2) is 6.64. The maximum Gasteiger partial charge on any atom is 0.227 e. The van der Waals surface area contributed by atoms with Gasteiger partial charge in [-0.05, 0) is 36.6 Å². The number of carbonyl (C=O) groups excluding carboxylic acids is 1. The van der Waals surface area contributed by atoms with Crippen LogP contribution in [0.1, 0.15) is 30.0 Å². The Morgan fingerprint density at radius 1 is 1.36 bits per heavy atom. The molecule has 5 nitrogen and oxygen atoms in total. The van der Waals surface area contributed by atoms with Gasteiger partial charge in [-0.25, -0.2) is 0 Å². The molecule has 1 aromatic heterocycles. The summed E-state index contributed by atoms with van der Waals surface area (Å²) in [6.45, 7) is 1.62. The maximum atomic E-state index is 12.5. The normalized spacial score (nSPS) is 18.2. The Balaban J connectivity index is 1.61. The molecule has 1 N–H and O–H groups in total. The van der Waals surface area contributed by atoms with Gasteiger partial charge in [-0.15, -0.1) is 0 Å². The molecule has 1 atom stereocenters. The van der Waals surface area contributed by atoms with Crippen LogP contribution in [0, 0.1) is 0 Å². The maximum absolute atomic E-state index is 12.5. The second-order valence-electron chi connectivity index (χ2n) is 5.72. The fraction of sp³-hybridized carbons (Fsp3) is 0.412. The van der Waals surface area contributed by atoms with Crippen molar-refractivity contribution in [1.82, 2.24) is 15.1 Å². The Kier molecular flexibility index (Phi) is 4.42. The lowest BCUT2D eigenvalue weighted by Crippen LogP contribution is -2.40. The number of hydrogen-bond acceptors (Lipinski definition) is 3. The number of aromatic nitrogens is 2. The monoisotopic (exact) mass is 299 g/mol. The standard InChI is InChI=1S/C17H21N3O2/c1-22-15-6-4-13(5-7-15)11-17(21)20-10-2-3-14(12-20)16-8-9-18-19-16/h4-9,14H,2-3,10-12H2,1H3,(H,18,19)/t14-/m0/s1. The molecule has 1 aliphatic rings. The molecule has 0 saturated carbocycles.